The minimum atomic E-state index is -0.636. The summed E-state index contributed by atoms with van der Waals surface area (Å²) in [6.07, 6.45) is 1.95. The zero-order chi connectivity index (χ0) is 15.8. The molecule has 0 aliphatic carbocycles. The van der Waals surface area contributed by atoms with Crippen molar-refractivity contribution in [3.8, 4) is 0 Å². The van der Waals surface area contributed by atoms with E-state index >= 15 is 0 Å². The Morgan fingerprint density at radius 1 is 1.29 bits per heavy atom. The first-order chi connectivity index (χ1) is 9.93. The fourth-order valence-electron chi connectivity index (χ4n) is 1.76. The SMILES string of the molecule is CCOC(=O)c1nnnn1CC(=O)NC(C)CCC(C)C. The third kappa shape index (κ3) is 5.88. The lowest BCUT2D eigenvalue weighted by Gasteiger charge is -2.15. The van der Waals surface area contributed by atoms with Crippen molar-refractivity contribution in [3.63, 3.8) is 0 Å². The van der Waals surface area contributed by atoms with Crippen LogP contribution in [0.3, 0.4) is 0 Å². The van der Waals surface area contributed by atoms with Gasteiger partial charge in [-0.25, -0.2) is 9.48 Å². The largest absolute Gasteiger partial charge is 0.460 e. The highest BCUT2D eigenvalue weighted by Gasteiger charge is 2.19. The van der Waals surface area contributed by atoms with Crippen molar-refractivity contribution >= 4 is 11.9 Å². The van der Waals surface area contributed by atoms with Crippen molar-refractivity contribution < 1.29 is 14.3 Å². The Hall–Kier alpha value is -1.99. The van der Waals surface area contributed by atoms with Gasteiger partial charge >= 0.3 is 5.97 Å². The standard InChI is InChI=1S/C13H23N5O3/c1-5-21-13(20)12-15-16-17-18(12)8-11(19)14-10(4)7-6-9(2)3/h9-10H,5-8H2,1-4H3,(H,14,19). The summed E-state index contributed by atoms with van der Waals surface area (Å²) in [6, 6.07) is 0.0717. The Labute approximate surface area is 124 Å². The quantitative estimate of drug-likeness (QED) is 0.712. The van der Waals surface area contributed by atoms with Gasteiger partial charge in [-0.1, -0.05) is 13.8 Å². The Balaban J connectivity index is 2.52. The summed E-state index contributed by atoms with van der Waals surface area (Å²) in [5.74, 6) is -0.339. The van der Waals surface area contributed by atoms with Gasteiger partial charge in [-0.2, -0.15) is 0 Å². The number of nitrogens with zero attached hydrogens (tertiary/aromatic N) is 4. The molecule has 0 bridgehead atoms. The summed E-state index contributed by atoms with van der Waals surface area (Å²) in [4.78, 5) is 23.5. The van der Waals surface area contributed by atoms with E-state index in [1.54, 1.807) is 6.92 Å². The number of ether oxygens (including phenoxy) is 1. The molecule has 0 saturated carbocycles. The van der Waals surface area contributed by atoms with E-state index in [1.165, 1.54) is 0 Å². The highest BCUT2D eigenvalue weighted by molar-refractivity contribution is 5.86. The first-order valence-corrected chi connectivity index (χ1v) is 7.16. The monoisotopic (exact) mass is 297 g/mol. The molecule has 0 aliphatic rings. The summed E-state index contributed by atoms with van der Waals surface area (Å²) >= 11 is 0. The van der Waals surface area contributed by atoms with Crippen LogP contribution in [0.15, 0.2) is 0 Å². The molecule has 1 aromatic heterocycles. The molecule has 1 N–H and O–H groups in total. The number of hydrogen-bond donors (Lipinski definition) is 1. The number of tetrazole rings is 1. The zero-order valence-electron chi connectivity index (χ0n) is 13.0. The van der Waals surface area contributed by atoms with Crippen LogP contribution >= 0.6 is 0 Å². The molecule has 1 unspecified atom stereocenters. The number of carbonyl (C=O) groups is 2. The molecule has 1 aromatic rings. The normalized spacial score (nSPS) is 12.2. The predicted octanol–water partition coefficient (Wildman–Crippen LogP) is 0.791. The van der Waals surface area contributed by atoms with Crippen LogP contribution in [0.2, 0.25) is 0 Å². The van der Waals surface area contributed by atoms with Crippen LogP contribution in [0, 0.1) is 5.92 Å². The van der Waals surface area contributed by atoms with Gasteiger partial charge in [0.1, 0.15) is 6.54 Å². The molecule has 1 amide bonds. The van der Waals surface area contributed by atoms with E-state index in [-0.39, 0.29) is 30.9 Å². The molecule has 0 aromatic carbocycles. The minimum Gasteiger partial charge on any atom is -0.460 e. The molecule has 8 nitrogen and oxygen atoms in total. The van der Waals surface area contributed by atoms with Crippen LogP contribution in [0.25, 0.3) is 0 Å². The molecule has 118 valence electrons. The average molecular weight is 297 g/mol. The van der Waals surface area contributed by atoms with Crippen molar-refractivity contribution in [3.05, 3.63) is 5.82 Å². The van der Waals surface area contributed by atoms with Gasteiger partial charge in [-0.15, -0.1) is 5.10 Å². The third-order valence-electron chi connectivity index (χ3n) is 2.87. The maximum absolute atomic E-state index is 11.9. The molecular formula is C13H23N5O3. The van der Waals surface area contributed by atoms with Gasteiger partial charge in [0, 0.05) is 6.04 Å². The predicted molar refractivity (Wildman–Crippen MR) is 75.5 cm³/mol. The van der Waals surface area contributed by atoms with Crippen LogP contribution in [0.4, 0.5) is 0 Å². The van der Waals surface area contributed by atoms with E-state index in [0.29, 0.717) is 5.92 Å². The highest BCUT2D eigenvalue weighted by atomic mass is 16.5. The van der Waals surface area contributed by atoms with Crippen LogP contribution in [-0.2, 0) is 16.1 Å². The number of aromatic nitrogens is 4. The number of amides is 1. The Bertz CT molecular complexity index is 472. The fraction of sp³-hybridized carbons (Fsp3) is 0.769. The van der Waals surface area contributed by atoms with Crippen molar-refractivity contribution in [2.75, 3.05) is 6.61 Å². The zero-order valence-corrected chi connectivity index (χ0v) is 13.0. The summed E-state index contributed by atoms with van der Waals surface area (Å²) in [5.41, 5.74) is 0. The van der Waals surface area contributed by atoms with Crippen LogP contribution in [0.5, 0.6) is 0 Å². The molecule has 1 heterocycles. The van der Waals surface area contributed by atoms with E-state index in [0.717, 1.165) is 17.5 Å². The molecule has 0 saturated heterocycles. The Kier molecular flexibility index (Phi) is 6.77. The van der Waals surface area contributed by atoms with Crippen molar-refractivity contribution in [2.24, 2.45) is 5.92 Å². The molecular weight excluding hydrogens is 274 g/mol. The number of esters is 1. The van der Waals surface area contributed by atoms with Gasteiger partial charge < -0.3 is 10.1 Å². The smallest absolute Gasteiger partial charge is 0.378 e. The first kappa shape index (κ1) is 17.1. The number of nitrogens with one attached hydrogen (secondary N) is 1. The molecule has 0 fully saturated rings. The van der Waals surface area contributed by atoms with Gasteiger partial charge in [0.25, 0.3) is 5.82 Å². The second kappa shape index (κ2) is 8.33. The summed E-state index contributed by atoms with van der Waals surface area (Å²) in [5, 5.41) is 13.5. The molecule has 8 heteroatoms. The van der Waals surface area contributed by atoms with Crippen LogP contribution < -0.4 is 5.32 Å². The molecule has 21 heavy (non-hydrogen) atoms. The molecule has 1 rings (SSSR count). The van der Waals surface area contributed by atoms with Crippen LogP contribution in [0.1, 0.15) is 51.2 Å². The third-order valence-corrected chi connectivity index (χ3v) is 2.87. The van der Waals surface area contributed by atoms with Gasteiger partial charge in [0.05, 0.1) is 6.61 Å². The van der Waals surface area contributed by atoms with E-state index in [1.807, 2.05) is 6.92 Å². The Morgan fingerprint density at radius 2 is 2.00 bits per heavy atom. The maximum Gasteiger partial charge on any atom is 0.378 e. The number of hydrogen-bond acceptors (Lipinski definition) is 6. The number of rotatable bonds is 8. The second-order valence-electron chi connectivity index (χ2n) is 5.32. The van der Waals surface area contributed by atoms with E-state index in [9.17, 15) is 9.59 Å². The van der Waals surface area contributed by atoms with Gasteiger partial charge in [-0.3, -0.25) is 4.79 Å². The van der Waals surface area contributed by atoms with E-state index < -0.39 is 5.97 Å². The minimum absolute atomic E-state index is 0.0677. The first-order valence-electron chi connectivity index (χ1n) is 7.16. The number of carbonyl (C=O) groups excluding carboxylic acids is 2. The van der Waals surface area contributed by atoms with Gasteiger partial charge in [-0.05, 0) is 43.0 Å². The lowest BCUT2D eigenvalue weighted by molar-refractivity contribution is -0.122. The second-order valence-corrected chi connectivity index (χ2v) is 5.32. The van der Waals surface area contributed by atoms with Crippen LogP contribution in [-0.4, -0.2) is 44.7 Å². The van der Waals surface area contributed by atoms with Gasteiger partial charge in [0.2, 0.25) is 5.91 Å². The molecule has 0 spiro atoms. The van der Waals surface area contributed by atoms with Crippen molar-refractivity contribution in [2.45, 2.75) is 53.1 Å². The molecule has 0 aliphatic heterocycles. The average Bonchev–Trinajstić information content (AvgIpc) is 2.84. The van der Waals surface area contributed by atoms with E-state index in [2.05, 4.69) is 34.7 Å². The van der Waals surface area contributed by atoms with E-state index in [4.69, 9.17) is 4.74 Å². The molecule has 0 radical (unpaired) electrons. The van der Waals surface area contributed by atoms with Gasteiger partial charge in [0.15, 0.2) is 0 Å². The molecule has 1 atom stereocenters. The maximum atomic E-state index is 11.9. The summed E-state index contributed by atoms with van der Waals surface area (Å²) in [7, 11) is 0. The summed E-state index contributed by atoms with van der Waals surface area (Å²) in [6.45, 7) is 8.04. The lowest BCUT2D eigenvalue weighted by atomic mass is 10.0. The fourth-order valence-corrected chi connectivity index (χ4v) is 1.76. The summed E-state index contributed by atoms with van der Waals surface area (Å²) < 4.78 is 5.96. The lowest BCUT2D eigenvalue weighted by Crippen LogP contribution is -2.36. The highest BCUT2D eigenvalue weighted by Crippen LogP contribution is 2.06. The van der Waals surface area contributed by atoms with Crippen molar-refractivity contribution in [1.82, 2.24) is 25.5 Å². The Morgan fingerprint density at radius 3 is 2.62 bits per heavy atom. The topological polar surface area (TPSA) is 99.0 Å². The van der Waals surface area contributed by atoms with Crippen molar-refractivity contribution in [1.29, 1.82) is 0 Å².